The molecule has 3 heterocycles. The molecule has 1 aliphatic rings. The highest BCUT2D eigenvalue weighted by molar-refractivity contribution is 6.27. The summed E-state index contributed by atoms with van der Waals surface area (Å²) in [6.45, 7) is 0. The Balaban J connectivity index is 2.17. The highest BCUT2D eigenvalue weighted by Gasteiger charge is 2.30. The molecule has 0 aliphatic carbocycles. The lowest BCUT2D eigenvalue weighted by Gasteiger charge is -2.01. The fourth-order valence-electron chi connectivity index (χ4n) is 2.44. The summed E-state index contributed by atoms with van der Waals surface area (Å²) >= 11 is 0. The van der Waals surface area contributed by atoms with Gasteiger partial charge in [-0.15, -0.1) is 4.57 Å². The van der Waals surface area contributed by atoms with E-state index < -0.39 is 5.91 Å². The third-order valence-electron chi connectivity index (χ3n) is 3.32. The van der Waals surface area contributed by atoms with Gasteiger partial charge < -0.3 is 4.98 Å². The Morgan fingerprint density at radius 3 is 2.79 bits per heavy atom. The van der Waals surface area contributed by atoms with E-state index in [9.17, 15) is 9.59 Å². The summed E-state index contributed by atoms with van der Waals surface area (Å²) in [5, 5.41) is 1.94. The Hall–Kier alpha value is -2.82. The number of aliphatic imine (C=N–C) groups is 1. The second kappa shape index (κ2) is 3.35. The normalized spacial score (nSPS) is 14.3. The summed E-state index contributed by atoms with van der Waals surface area (Å²) in [6.07, 6.45) is 2.69. The first kappa shape index (κ1) is 10.1. The van der Waals surface area contributed by atoms with E-state index in [4.69, 9.17) is 0 Å². The molecular weight excluding hydrogens is 242 g/mol. The Kier molecular flexibility index (Phi) is 1.79. The summed E-state index contributed by atoms with van der Waals surface area (Å²) in [6, 6.07) is 9.52. The summed E-state index contributed by atoms with van der Waals surface area (Å²) in [5.74, 6) is -0.707. The van der Waals surface area contributed by atoms with E-state index in [1.807, 2.05) is 24.3 Å². The van der Waals surface area contributed by atoms with Crippen molar-refractivity contribution in [3.63, 3.8) is 0 Å². The number of hydrogen-bond acceptors (Lipinski definition) is 2. The summed E-state index contributed by atoms with van der Waals surface area (Å²) in [4.78, 5) is 30.3. The zero-order chi connectivity index (χ0) is 13.0. The number of carbonyl (C=O) groups excluding carboxylic acids is 2. The first-order valence-electron chi connectivity index (χ1n) is 5.83. The minimum Gasteiger partial charge on any atom is -0.350 e. The molecule has 1 amide bonds. The number of aromatic nitrogens is 2. The predicted molar refractivity (Wildman–Crippen MR) is 69.4 cm³/mol. The minimum absolute atomic E-state index is 0.296. The first-order chi connectivity index (χ1) is 9.24. The van der Waals surface area contributed by atoms with E-state index in [2.05, 4.69) is 9.98 Å². The van der Waals surface area contributed by atoms with Crippen molar-refractivity contribution in [3.8, 4) is 0 Å². The van der Waals surface area contributed by atoms with Crippen LogP contribution in [0.25, 0.3) is 21.8 Å². The van der Waals surface area contributed by atoms with Gasteiger partial charge in [0, 0.05) is 22.4 Å². The number of para-hydroxylation sites is 1. The SMILES string of the molecule is O=C1N=CC(=O)[n+]2cc3[nH]c4ccccc4c3cc21. The monoisotopic (exact) mass is 250 g/mol. The molecule has 0 fully saturated rings. The second-order valence-electron chi connectivity index (χ2n) is 4.43. The number of nitrogens with zero attached hydrogens (tertiary/aromatic N) is 2. The van der Waals surface area contributed by atoms with Gasteiger partial charge in [-0.25, -0.2) is 9.79 Å². The van der Waals surface area contributed by atoms with Crippen LogP contribution in [0.2, 0.25) is 0 Å². The van der Waals surface area contributed by atoms with Crippen molar-refractivity contribution in [1.29, 1.82) is 0 Å². The maximum atomic E-state index is 11.8. The molecule has 3 aromatic rings. The number of benzene rings is 1. The standard InChI is InChI=1S/C14H7N3O2/c18-13-6-15-14(19)12-5-9-8-3-1-2-4-10(8)16-11(9)7-17(12)13/h1-7H/p+1. The lowest BCUT2D eigenvalue weighted by atomic mass is 10.1. The topological polar surface area (TPSA) is 66.2 Å². The smallest absolute Gasteiger partial charge is 0.350 e. The lowest BCUT2D eigenvalue weighted by Crippen LogP contribution is -2.50. The van der Waals surface area contributed by atoms with Crippen LogP contribution in [-0.4, -0.2) is 23.0 Å². The maximum absolute atomic E-state index is 11.8. The Labute approximate surface area is 107 Å². The summed E-state index contributed by atoms with van der Waals surface area (Å²) in [5.41, 5.74) is 2.09. The number of carbonyl (C=O) groups is 2. The summed E-state index contributed by atoms with van der Waals surface area (Å²) in [7, 11) is 0. The molecule has 0 saturated heterocycles. The Morgan fingerprint density at radius 2 is 1.89 bits per heavy atom. The van der Waals surface area contributed by atoms with Gasteiger partial charge in [0.05, 0.1) is 0 Å². The number of H-pyrrole nitrogens is 1. The van der Waals surface area contributed by atoms with E-state index in [1.165, 1.54) is 4.57 Å². The molecule has 0 saturated carbocycles. The van der Waals surface area contributed by atoms with Gasteiger partial charge in [-0.3, -0.25) is 4.79 Å². The van der Waals surface area contributed by atoms with E-state index >= 15 is 0 Å². The molecule has 1 N–H and O–H groups in total. The second-order valence-corrected chi connectivity index (χ2v) is 4.43. The van der Waals surface area contributed by atoms with Crippen molar-refractivity contribution < 1.29 is 14.2 Å². The van der Waals surface area contributed by atoms with Crippen LogP contribution in [0.15, 0.2) is 41.5 Å². The minimum atomic E-state index is -0.396. The van der Waals surface area contributed by atoms with Crippen molar-refractivity contribution in [1.82, 2.24) is 4.98 Å². The number of fused-ring (bicyclic) bond motifs is 4. The first-order valence-corrected chi connectivity index (χ1v) is 5.83. The lowest BCUT2D eigenvalue weighted by molar-refractivity contribution is -0.569. The van der Waals surface area contributed by atoms with E-state index in [0.717, 1.165) is 28.0 Å². The van der Waals surface area contributed by atoms with Crippen molar-refractivity contribution in [2.24, 2.45) is 4.99 Å². The molecule has 1 aliphatic heterocycles. The molecule has 19 heavy (non-hydrogen) atoms. The molecule has 4 rings (SSSR count). The molecular formula is C14H8N3O2+. The van der Waals surface area contributed by atoms with Gasteiger partial charge in [-0.05, 0) is 6.07 Å². The third kappa shape index (κ3) is 1.29. The molecule has 0 bridgehead atoms. The largest absolute Gasteiger partial charge is 0.436 e. The van der Waals surface area contributed by atoms with Gasteiger partial charge >= 0.3 is 11.8 Å². The average molecular weight is 250 g/mol. The molecule has 1 aromatic carbocycles. The zero-order valence-electron chi connectivity index (χ0n) is 9.75. The number of aromatic amines is 1. The highest BCUT2D eigenvalue weighted by atomic mass is 16.2. The van der Waals surface area contributed by atoms with E-state index in [0.29, 0.717) is 5.69 Å². The summed E-state index contributed by atoms with van der Waals surface area (Å²) < 4.78 is 1.33. The van der Waals surface area contributed by atoms with Gasteiger partial charge in [-0.1, -0.05) is 18.2 Å². The van der Waals surface area contributed by atoms with Gasteiger partial charge in [0.25, 0.3) is 5.69 Å². The fraction of sp³-hybridized carbons (Fsp3) is 0. The molecule has 0 atom stereocenters. The number of hydrogen-bond donors (Lipinski definition) is 1. The van der Waals surface area contributed by atoms with Gasteiger partial charge in [0.2, 0.25) is 6.20 Å². The fourth-order valence-corrected chi connectivity index (χ4v) is 2.44. The van der Waals surface area contributed by atoms with E-state index in [1.54, 1.807) is 12.3 Å². The Bertz CT molecular complexity index is 906. The van der Waals surface area contributed by atoms with Crippen LogP contribution < -0.4 is 4.57 Å². The Morgan fingerprint density at radius 1 is 1.05 bits per heavy atom. The molecule has 5 nitrogen and oxygen atoms in total. The zero-order valence-corrected chi connectivity index (χ0v) is 9.75. The van der Waals surface area contributed by atoms with Crippen LogP contribution in [-0.2, 0) is 0 Å². The molecule has 0 unspecified atom stereocenters. The number of pyridine rings is 1. The molecule has 90 valence electrons. The van der Waals surface area contributed by atoms with Crippen LogP contribution in [0.5, 0.6) is 0 Å². The molecule has 0 spiro atoms. The van der Waals surface area contributed by atoms with Crippen LogP contribution in [0.3, 0.4) is 0 Å². The number of amides is 1. The predicted octanol–water partition coefficient (Wildman–Crippen LogP) is 1.47. The van der Waals surface area contributed by atoms with Crippen molar-refractivity contribution >= 4 is 39.8 Å². The van der Waals surface area contributed by atoms with Crippen molar-refractivity contribution in [2.45, 2.75) is 0 Å². The van der Waals surface area contributed by atoms with Crippen molar-refractivity contribution in [2.75, 3.05) is 0 Å². The third-order valence-corrected chi connectivity index (χ3v) is 3.32. The molecule has 0 radical (unpaired) electrons. The van der Waals surface area contributed by atoms with Crippen LogP contribution >= 0.6 is 0 Å². The highest BCUT2D eigenvalue weighted by Crippen LogP contribution is 2.24. The quantitative estimate of drug-likeness (QED) is 0.614. The van der Waals surface area contributed by atoms with Crippen LogP contribution in [0, 0.1) is 0 Å². The number of nitrogens with one attached hydrogen (secondary N) is 1. The maximum Gasteiger partial charge on any atom is 0.436 e. The van der Waals surface area contributed by atoms with Gasteiger partial charge in [0.1, 0.15) is 11.7 Å². The van der Waals surface area contributed by atoms with Gasteiger partial charge in [0.15, 0.2) is 0 Å². The van der Waals surface area contributed by atoms with Gasteiger partial charge in [-0.2, -0.15) is 0 Å². The van der Waals surface area contributed by atoms with Crippen LogP contribution in [0.1, 0.15) is 15.3 Å². The molecule has 5 heteroatoms. The average Bonchev–Trinajstić information content (AvgIpc) is 2.79. The van der Waals surface area contributed by atoms with Crippen LogP contribution in [0.4, 0.5) is 0 Å². The van der Waals surface area contributed by atoms with Crippen molar-refractivity contribution in [3.05, 3.63) is 42.2 Å². The van der Waals surface area contributed by atoms with E-state index in [-0.39, 0.29) is 5.91 Å². The number of rotatable bonds is 0. The molecule has 2 aromatic heterocycles.